The molecular formula is C22H23N3O5S. The van der Waals surface area contributed by atoms with Crippen molar-refractivity contribution in [2.75, 3.05) is 39.4 Å². The average Bonchev–Trinajstić information content (AvgIpc) is 3.21. The van der Waals surface area contributed by atoms with Gasteiger partial charge in [-0.15, -0.1) is 0 Å². The van der Waals surface area contributed by atoms with Gasteiger partial charge in [0.05, 0.1) is 4.90 Å². The average molecular weight is 442 g/mol. The Kier molecular flexibility index (Phi) is 4.86. The number of ether oxygens (including phenoxy) is 2. The zero-order valence-electron chi connectivity index (χ0n) is 17.1. The van der Waals surface area contributed by atoms with E-state index in [9.17, 15) is 13.2 Å². The lowest BCUT2D eigenvalue weighted by molar-refractivity contribution is 0.0693. The standard InChI is InChI=1S/C22H23N3O5S/c1-15-2-3-16-13-19(23-18(16)12-15)22(26)24-6-8-25(9-7-24)31(27,28)17-4-5-20-21(14-17)30-11-10-29-20/h2-5,12-14,23H,6-11H2,1H3. The number of aryl methyl sites for hydroxylation is 1. The van der Waals surface area contributed by atoms with Crippen molar-refractivity contribution < 1.29 is 22.7 Å². The first-order valence-electron chi connectivity index (χ1n) is 10.2. The summed E-state index contributed by atoms with van der Waals surface area (Å²) in [7, 11) is -3.68. The van der Waals surface area contributed by atoms with E-state index in [1.165, 1.54) is 16.4 Å². The summed E-state index contributed by atoms with van der Waals surface area (Å²) in [6.07, 6.45) is 0. The second-order valence-electron chi connectivity index (χ2n) is 7.78. The van der Waals surface area contributed by atoms with Gasteiger partial charge in [-0.25, -0.2) is 8.42 Å². The molecule has 1 aromatic heterocycles. The minimum absolute atomic E-state index is 0.120. The summed E-state index contributed by atoms with van der Waals surface area (Å²) in [5.41, 5.74) is 2.55. The van der Waals surface area contributed by atoms with E-state index in [0.717, 1.165) is 16.5 Å². The highest BCUT2D eigenvalue weighted by molar-refractivity contribution is 7.89. The first-order valence-corrected chi connectivity index (χ1v) is 11.6. The molecule has 8 nitrogen and oxygen atoms in total. The van der Waals surface area contributed by atoms with Crippen LogP contribution in [0, 0.1) is 6.92 Å². The van der Waals surface area contributed by atoms with Crippen molar-refractivity contribution in [2.24, 2.45) is 0 Å². The van der Waals surface area contributed by atoms with Gasteiger partial charge in [-0.2, -0.15) is 4.31 Å². The van der Waals surface area contributed by atoms with Crippen LogP contribution in [0.15, 0.2) is 47.4 Å². The summed E-state index contributed by atoms with van der Waals surface area (Å²) in [6, 6.07) is 12.5. The zero-order chi connectivity index (χ0) is 21.6. The van der Waals surface area contributed by atoms with Gasteiger partial charge in [-0.05, 0) is 36.8 Å². The number of amides is 1. The number of aromatic amines is 1. The van der Waals surface area contributed by atoms with E-state index in [-0.39, 0.29) is 23.9 Å². The number of benzene rings is 2. The van der Waals surface area contributed by atoms with Crippen LogP contribution in [-0.4, -0.2) is 67.9 Å². The van der Waals surface area contributed by atoms with Crippen LogP contribution in [-0.2, 0) is 10.0 Å². The number of nitrogens with zero attached hydrogens (tertiary/aromatic N) is 2. The largest absolute Gasteiger partial charge is 0.486 e. The first-order chi connectivity index (χ1) is 14.9. The number of piperazine rings is 1. The van der Waals surface area contributed by atoms with Crippen molar-refractivity contribution in [2.45, 2.75) is 11.8 Å². The highest BCUT2D eigenvalue weighted by Crippen LogP contribution is 2.33. The number of nitrogens with one attached hydrogen (secondary N) is 1. The summed E-state index contributed by atoms with van der Waals surface area (Å²) < 4.78 is 38.6. The van der Waals surface area contributed by atoms with Gasteiger partial charge >= 0.3 is 0 Å². The maximum absolute atomic E-state index is 13.1. The Hall–Kier alpha value is -3.04. The maximum Gasteiger partial charge on any atom is 0.270 e. The number of carbonyl (C=O) groups excluding carboxylic acids is 1. The van der Waals surface area contributed by atoms with Crippen molar-refractivity contribution in [1.29, 1.82) is 0 Å². The van der Waals surface area contributed by atoms with Crippen molar-refractivity contribution in [1.82, 2.24) is 14.2 Å². The highest BCUT2D eigenvalue weighted by Gasteiger charge is 2.31. The number of carbonyl (C=O) groups is 1. The SMILES string of the molecule is Cc1ccc2cc(C(=O)N3CCN(S(=O)(=O)c4ccc5c(c4)OCCO5)CC3)[nH]c2c1. The fraction of sp³-hybridized carbons (Fsp3) is 0.318. The van der Waals surface area contributed by atoms with E-state index in [1.54, 1.807) is 11.0 Å². The molecule has 0 bridgehead atoms. The van der Waals surface area contributed by atoms with Gasteiger partial charge in [-0.1, -0.05) is 12.1 Å². The Morgan fingerprint density at radius 1 is 0.935 bits per heavy atom. The molecule has 2 aliphatic heterocycles. The van der Waals surface area contributed by atoms with Crippen molar-refractivity contribution in [3.63, 3.8) is 0 Å². The molecule has 3 aromatic rings. The smallest absolute Gasteiger partial charge is 0.270 e. The van der Waals surface area contributed by atoms with Gasteiger partial charge in [0.25, 0.3) is 5.91 Å². The molecule has 31 heavy (non-hydrogen) atoms. The molecule has 2 aliphatic rings. The number of aromatic nitrogens is 1. The third kappa shape index (κ3) is 3.64. The molecule has 1 N–H and O–H groups in total. The highest BCUT2D eigenvalue weighted by atomic mass is 32.2. The normalized spacial score (nSPS) is 17.1. The number of sulfonamides is 1. The third-order valence-corrected chi connectivity index (χ3v) is 7.58. The lowest BCUT2D eigenvalue weighted by Gasteiger charge is -2.34. The maximum atomic E-state index is 13.1. The predicted octanol–water partition coefficient (Wildman–Crippen LogP) is 2.39. The van der Waals surface area contributed by atoms with Crippen LogP contribution in [0.3, 0.4) is 0 Å². The van der Waals surface area contributed by atoms with E-state index in [4.69, 9.17) is 9.47 Å². The summed E-state index contributed by atoms with van der Waals surface area (Å²) >= 11 is 0. The van der Waals surface area contributed by atoms with E-state index in [0.29, 0.717) is 43.5 Å². The minimum atomic E-state index is -3.68. The first kappa shape index (κ1) is 19.9. The minimum Gasteiger partial charge on any atom is -0.486 e. The number of H-pyrrole nitrogens is 1. The van der Waals surface area contributed by atoms with Crippen LogP contribution in [0.25, 0.3) is 10.9 Å². The molecule has 162 valence electrons. The third-order valence-electron chi connectivity index (χ3n) is 5.69. The van der Waals surface area contributed by atoms with Crippen molar-refractivity contribution in [3.8, 4) is 11.5 Å². The fourth-order valence-corrected chi connectivity index (χ4v) is 5.43. The fourth-order valence-electron chi connectivity index (χ4n) is 3.99. The van der Waals surface area contributed by atoms with Crippen LogP contribution < -0.4 is 9.47 Å². The molecule has 0 unspecified atom stereocenters. The molecule has 1 saturated heterocycles. The Balaban J connectivity index is 1.29. The van der Waals surface area contributed by atoms with Crippen molar-refractivity contribution in [3.05, 3.63) is 53.7 Å². The molecule has 0 radical (unpaired) electrons. The van der Waals surface area contributed by atoms with Gasteiger partial charge in [0.2, 0.25) is 10.0 Å². The van der Waals surface area contributed by atoms with Gasteiger partial charge in [-0.3, -0.25) is 4.79 Å². The monoisotopic (exact) mass is 441 g/mol. The van der Waals surface area contributed by atoms with Gasteiger partial charge in [0.15, 0.2) is 11.5 Å². The van der Waals surface area contributed by atoms with Crippen LogP contribution in [0.5, 0.6) is 11.5 Å². The lowest BCUT2D eigenvalue weighted by atomic mass is 10.2. The Labute approximate surface area is 180 Å². The Morgan fingerprint density at radius 3 is 2.45 bits per heavy atom. The number of fused-ring (bicyclic) bond motifs is 2. The molecule has 0 saturated carbocycles. The predicted molar refractivity (Wildman–Crippen MR) is 115 cm³/mol. The molecule has 3 heterocycles. The van der Waals surface area contributed by atoms with Gasteiger partial charge in [0, 0.05) is 43.1 Å². The molecule has 9 heteroatoms. The molecule has 2 aromatic carbocycles. The van der Waals surface area contributed by atoms with E-state index >= 15 is 0 Å². The van der Waals surface area contributed by atoms with Crippen LogP contribution >= 0.6 is 0 Å². The quantitative estimate of drug-likeness (QED) is 0.674. The van der Waals surface area contributed by atoms with Gasteiger partial charge in [0.1, 0.15) is 18.9 Å². The second-order valence-corrected chi connectivity index (χ2v) is 9.71. The molecular weight excluding hydrogens is 418 g/mol. The second kappa shape index (κ2) is 7.58. The number of hydrogen-bond donors (Lipinski definition) is 1. The van der Waals surface area contributed by atoms with Crippen molar-refractivity contribution >= 4 is 26.8 Å². The van der Waals surface area contributed by atoms with Crippen LogP contribution in [0.4, 0.5) is 0 Å². The van der Waals surface area contributed by atoms with E-state index < -0.39 is 10.0 Å². The summed E-state index contributed by atoms with van der Waals surface area (Å²) in [5, 5.41) is 0.980. The van der Waals surface area contributed by atoms with E-state index in [2.05, 4.69) is 4.98 Å². The number of rotatable bonds is 3. The summed E-state index contributed by atoms with van der Waals surface area (Å²) in [4.78, 5) is 18.0. The topological polar surface area (TPSA) is 91.9 Å². The van der Waals surface area contributed by atoms with Crippen LogP contribution in [0.1, 0.15) is 16.1 Å². The lowest BCUT2D eigenvalue weighted by Crippen LogP contribution is -2.50. The Bertz CT molecular complexity index is 1260. The summed E-state index contributed by atoms with van der Waals surface area (Å²) in [5.74, 6) is 0.870. The molecule has 5 rings (SSSR count). The molecule has 0 spiro atoms. The zero-order valence-corrected chi connectivity index (χ0v) is 17.9. The number of hydrogen-bond acceptors (Lipinski definition) is 5. The Morgan fingerprint density at radius 2 is 1.68 bits per heavy atom. The van der Waals surface area contributed by atoms with Gasteiger partial charge < -0.3 is 19.4 Å². The molecule has 1 fully saturated rings. The molecule has 0 atom stereocenters. The van der Waals surface area contributed by atoms with E-state index in [1.807, 2.05) is 31.2 Å². The molecule has 1 amide bonds. The molecule has 0 aliphatic carbocycles. The van der Waals surface area contributed by atoms with Crippen LogP contribution in [0.2, 0.25) is 0 Å². The summed E-state index contributed by atoms with van der Waals surface area (Å²) in [6.45, 7) is 3.98.